The normalized spacial score (nSPS) is 16.1. The van der Waals surface area contributed by atoms with Gasteiger partial charge >= 0.3 is 0 Å². The summed E-state index contributed by atoms with van der Waals surface area (Å²) in [6.45, 7) is 9.97. The average molecular weight is 518 g/mol. The van der Waals surface area contributed by atoms with Crippen LogP contribution in [0.1, 0.15) is 51.7 Å². The number of benzene rings is 3. The monoisotopic (exact) mass is 517 g/mol. The molecule has 5 rings (SSSR count). The summed E-state index contributed by atoms with van der Waals surface area (Å²) in [7, 11) is 0. The van der Waals surface area contributed by atoms with E-state index in [2.05, 4.69) is 43.0 Å². The maximum absolute atomic E-state index is 13.7. The van der Waals surface area contributed by atoms with Crippen molar-refractivity contribution in [3.05, 3.63) is 92.8 Å². The molecule has 0 saturated carbocycles. The van der Waals surface area contributed by atoms with Gasteiger partial charge in [0, 0.05) is 27.2 Å². The van der Waals surface area contributed by atoms with Crippen molar-refractivity contribution in [2.24, 2.45) is 5.92 Å². The minimum absolute atomic E-state index is 0.0586. The number of hydrogen-bond donors (Lipinski definition) is 0. The third kappa shape index (κ3) is 5.51. The second kappa shape index (κ2) is 10.8. The molecule has 0 bridgehead atoms. The molecule has 1 fully saturated rings. The number of thiophene rings is 1. The van der Waals surface area contributed by atoms with Crippen LogP contribution in [0.3, 0.4) is 0 Å². The van der Waals surface area contributed by atoms with Gasteiger partial charge in [-0.25, -0.2) is 0 Å². The number of likely N-dealkylation sites (tertiary alicyclic amines) is 1. The lowest BCUT2D eigenvalue weighted by Crippen LogP contribution is -2.21. The average Bonchev–Trinajstić information content (AvgIpc) is 3.44. The minimum atomic E-state index is -0.0586. The zero-order valence-electron chi connectivity index (χ0n) is 21.1. The van der Waals surface area contributed by atoms with Crippen LogP contribution in [-0.4, -0.2) is 30.3 Å². The zero-order valence-corrected chi connectivity index (χ0v) is 22.7. The Morgan fingerprint density at radius 2 is 1.89 bits per heavy atom. The summed E-state index contributed by atoms with van der Waals surface area (Å²) in [5, 5.41) is 1.51. The molecule has 4 aromatic rings. The van der Waals surface area contributed by atoms with Gasteiger partial charge in [-0.2, -0.15) is 0 Å². The van der Waals surface area contributed by atoms with Crippen LogP contribution in [0.2, 0.25) is 5.02 Å². The molecule has 1 atom stereocenters. The molecular weight excluding hydrogens is 486 g/mol. The second-order valence-corrected chi connectivity index (χ2v) is 11.6. The highest BCUT2D eigenvalue weighted by Crippen LogP contribution is 2.42. The summed E-state index contributed by atoms with van der Waals surface area (Å²) in [5.41, 5.74) is 3.97. The van der Waals surface area contributed by atoms with Crippen LogP contribution in [0.5, 0.6) is 11.5 Å². The Morgan fingerprint density at radius 1 is 1.08 bits per heavy atom. The number of fused-ring (bicyclic) bond motifs is 1. The van der Waals surface area contributed by atoms with Gasteiger partial charge in [-0.05, 0) is 105 Å². The summed E-state index contributed by atoms with van der Waals surface area (Å²) in [6.07, 6.45) is 3.55. The summed E-state index contributed by atoms with van der Waals surface area (Å²) in [6, 6.07) is 20.0. The van der Waals surface area contributed by atoms with Crippen LogP contribution in [0.25, 0.3) is 10.1 Å². The fraction of sp³-hybridized carbons (Fsp3) is 0.323. The fourth-order valence-electron chi connectivity index (χ4n) is 4.97. The molecule has 0 N–H and O–H groups in total. The molecule has 0 spiro atoms. The van der Waals surface area contributed by atoms with Crippen molar-refractivity contribution < 1.29 is 9.53 Å². The molecule has 1 aliphatic heterocycles. The molecule has 1 saturated heterocycles. The first-order valence-electron chi connectivity index (χ1n) is 12.7. The Labute approximate surface area is 222 Å². The number of rotatable bonds is 8. The summed E-state index contributed by atoms with van der Waals surface area (Å²) >= 11 is 7.71. The van der Waals surface area contributed by atoms with Crippen LogP contribution in [0.4, 0.5) is 0 Å². The van der Waals surface area contributed by atoms with E-state index in [0.717, 1.165) is 45.8 Å². The maximum atomic E-state index is 13.7. The smallest absolute Gasteiger partial charge is 0.207 e. The molecule has 36 heavy (non-hydrogen) atoms. The van der Waals surface area contributed by atoms with E-state index < -0.39 is 0 Å². The van der Waals surface area contributed by atoms with E-state index >= 15 is 0 Å². The van der Waals surface area contributed by atoms with Crippen LogP contribution in [0, 0.1) is 19.8 Å². The number of ether oxygens (including phenoxy) is 1. The van der Waals surface area contributed by atoms with E-state index in [1.54, 1.807) is 6.07 Å². The van der Waals surface area contributed by atoms with E-state index in [0.29, 0.717) is 21.2 Å². The Kier molecular flexibility index (Phi) is 7.47. The van der Waals surface area contributed by atoms with Crippen molar-refractivity contribution in [1.29, 1.82) is 0 Å². The number of hydrogen-bond acceptors (Lipinski definition) is 4. The van der Waals surface area contributed by atoms with Gasteiger partial charge in [0.05, 0.1) is 0 Å². The van der Waals surface area contributed by atoms with Gasteiger partial charge in [0.1, 0.15) is 10.6 Å². The summed E-state index contributed by atoms with van der Waals surface area (Å²) < 4.78 is 7.46. The van der Waals surface area contributed by atoms with Crippen molar-refractivity contribution in [3.8, 4) is 11.5 Å². The number of ketones is 1. The van der Waals surface area contributed by atoms with Crippen LogP contribution in [-0.2, 0) is 6.42 Å². The Morgan fingerprint density at radius 3 is 2.64 bits per heavy atom. The molecule has 0 aliphatic carbocycles. The van der Waals surface area contributed by atoms with Gasteiger partial charge in [-0.1, -0.05) is 42.8 Å². The topological polar surface area (TPSA) is 29.5 Å². The van der Waals surface area contributed by atoms with Gasteiger partial charge in [0.2, 0.25) is 5.78 Å². The zero-order chi connectivity index (χ0) is 25.2. The minimum Gasteiger partial charge on any atom is -0.455 e. The lowest BCUT2D eigenvalue weighted by molar-refractivity contribution is 0.104. The van der Waals surface area contributed by atoms with E-state index in [9.17, 15) is 4.79 Å². The fourth-order valence-corrected chi connectivity index (χ4v) is 6.32. The Bertz CT molecular complexity index is 1390. The largest absolute Gasteiger partial charge is 0.455 e. The highest BCUT2D eigenvalue weighted by molar-refractivity contribution is 7.21. The van der Waals surface area contributed by atoms with Gasteiger partial charge in [-0.3, -0.25) is 4.79 Å². The maximum Gasteiger partial charge on any atom is 0.207 e. The summed E-state index contributed by atoms with van der Waals surface area (Å²) in [5.74, 6) is 2.13. The first kappa shape index (κ1) is 25.0. The van der Waals surface area contributed by atoms with Gasteiger partial charge in [0.15, 0.2) is 5.75 Å². The third-order valence-electron chi connectivity index (χ3n) is 7.04. The van der Waals surface area contributed by atoms with E-state index in [1.165, 1.54) is 42.8 Å². The van der Waals surface area contributed by atoms with Gasteiger partial charge in [0.25, 0.3) is 0 Å². The predicted molar refractivity (Wildman–Crippen MR) is 151 cm³/mol. The van der Waals surface area contributed by atoms with Crippen LogP contribution in [0.15, 0.2) is 60.7 Å². The lowest BCUT2D eigenvalue weighted by Gasteiger charge is -2.15. The molecule has 0 radical (unpaired) electrons. The van der Waals surface area contributed by atoms with E-state index in [-0.39, 0.29) is 5.78 Å². The van der Waals surface area contributed by atoms with Crippen LogP contribution >= 0.6 is 22.9 Å². The van der Waals surface area contributed by atoms with Crippen molar-refractivity contribution >= 4 is 38.8 Å². The molecule has 1 aromatic heterocycles. The second-order valence-electron chi connectivity index (χ2n) is 10.1. The number of aryl methyl sites for hydroxylation is 3. The highest BCUT2D eigenvalue weighted by Gasteiger charge is 2.23. The molecule has 3 aromatic carbocycles. The Hall–Kier alpha value is -2.66. The number of carbonyl (C=O) groups is 1. The quantitative estimate of drug-likeness (QED) is 0.219. The van der Waals surface area contributed by atoms with Crippen LogP contribution < -0.4 is 4.74 Å². The first-order chi connectivity index (χ1) is 17.4. The molecular formula is C31H32ClNO2S. The molecule has 3 nitrogen and oxygen atoms in total. The third-order valence-corrected chi connectivity index (χ3v) is 8.41. The predicted octanol–water partition coefficient (Wildman–Crippen LogP) is 8.47. The standard InChI is InChI=1S/C31H32ClNO2S/c1-20-6-13-26-28(17-20)36-31(29(34)27-18-24(32)10-7-22(27)3)30(26)35-25-11-8-23(9-12-25)5-4-15-33-16-14-21(2)19-33/h6-13,17-18,21H,4-5,14-16,19H2,1-3H3/t21-/m0/s1. The van der Waals surface area contributed by atoms with E-state index in [4.69, 9.17) is 16.3 Å². The van der Waals surface area contributed by atoms with Crippen molar-refractivity contribution in [2.45, 2.75) is 40.0 Å². The molecule has 5 heteroatoms. The first-order valence-corrected chi connectivity index (χ1v) is 13.9. The SMILES string of the molecule is Cc1ccc2c(Oc3ccc(CCCN4CC[C@H](C)C4)cc3)c(C(=O)c3cc(Cl)ccc3C)sc2c1. The van der Waals surface area contributed by atoms with Crippen molar-refractivity contribution in [2.75, 3.05) is 19.6 Å². The lowest BCUT2D eigenvalue weighted by atomic mass is 10.0. The van der Waals surface area contributed by atoms with Gasteiger partial charge < -0.3 is 9.64 Å². The van der Waals surface area contributed by atoms with Crippen molar-refractivity contribution in [3.63, 3.8) is 0 Å². The van der Waals surface area contributed by atoms with Crippen molar-refractivity contribution in [1.82, 2.24) is 4.90 Å². The van der Waals surface area contributed by atoms with Gasteiger partial charge in [-0.15, -0.1) is 11.3 Å². The van der Waals surface area contributed by atoms with E-state index in [1.807, 2.05) is 37.3 Å². The number of halogens is 1. The Balaban J connectivity index is 1.37. The number of carbonyl (C=O) groups excluding carboxylic acids is 1. The molecule has 0 amide bonds. The molecule has 186 valence electrons. The molecule has 2 heterocycles. The molecule has 0 unspecified atom stereocenters. The molecule has 1 aliphatic rings. The number of nitrogens with zero attached hydrogens (tertiary/aromatic N) is 1. The highest BCUT2D eigenvalue weighted by atomic mass is 35.5. The summed E-state index contributed by atoms with van der Waals surface area (Å²) in [4.78, 5) is 16.8.